The first-order valence-electron chi connectivity index (χ1n) is 14.5. The van der Waals surface area contributed by atoms with Gasteiger partial charge in [-0.25, -0.2) is 4.68 Å². The Morgan fingerprint density at radius 1 is 1.00 bits per heavy atom. The lowest BCUT2D eigenvalue weighted by Crippen LogP contribution is -2.54. The molecular weight excluding hydrogens is 520 g/mol. The Morgan fingerprint density at radius 2 is 1.71 bits per heavy atom. The maximum atomic E-state index is 13.9. The molecule has 0 radical (unpaired) electrons. The van der Waals surface area contributed by atoms with Crippen LogP contribution in [0.2, 0.25) is 0 Å². The van der Waals surface area contributed by atoms with Gasteiger partial charge in [0, 0.05) is 31.5 Å². The molecule has 3 amide bonds. The number of nitrogens with one attached hydrogen (secondary N) is 1. The molecule has 4 N–H and O–H groups in total. The first kappa shape index (κ1) is 27.1. The van der Waals surface area contributed by atoms with E-state index in [4.69, 9.17) is 5.73 Å². The number of rotatable bonds is 10. The zero-order valence-electron chi connectivity index (χ0n) is 22.9. The van der Waals surface area contributed by atoms with E-state index in [2.05, 4.69) is 15.6 Å². The van der Waals surface area contributed by atoms with Gasteiger partial charge < -0.3 is 21.1 Å². The number of nitrogens with two attached hydrogens (primary N) is 1. The SMILES string of the molecule is NC(=O)C(Cc1ccc(-c2ccccc2)cc1)NC(=O)[C@@H]1C[C@@H](O)CN1C(=O)C(C1CCC1)n1cc(C2CC2)nn1. The van der Waals surface area contributed by atoms with Gasteiger partial charge in [-0.3, -0.25) is 14.4 Å². The maximum Gasteiger partial charge on any atom is 0.248 e. The number of carbonyl (C=O) groups excluding carboxylic acids is 3. The van der Waals surface area contributed by atoms with E-state index in [-0.39, 0.29) is 31.2 Å². The zero-order valence-corrected chi connectivity index (χ0v) is 22.9. The number of nitrogens with zero attached hydrogens (tertiary/aromatic N) is 4. The number of hydrogen-bond donors (Lipinski definition) is 3. The van der Waals surface area contributed by atoms with E-state index in [1.54, 1.807) is 4.68 Å². The highest BCUT2D eigenvalue weighted by atomic mass is 16.3. The summed E-state index contributed by atoms with van der Waals surface area (Å²) < 4.78 is 1.66. The molecule has 2 aliphatic carbocycles. The third-order valence-corrected chi connectivity index (χ3v) is 8.68. The van der Waals surface area contributed by atoms with Crippen molar-refractivity contribution in [3.63, 3.8) is 0 Å². The van der Waals surface area contributed by atoms with Crippen molar-refractivity contribution in [2.45, 2.75) is 75.1 Å². The van der Waals surface area contributed by atoms with Gasteiger partial charge in [0.15, 0.2) is 0 Å². The third kappa shape index (κ3) is 5.88. The lowest BCUT2D eigenvalue weighted by atomic mass is 9.79. The van der Waals surface area contributed by atoms with Crippen LogP contribution in [0, 0.1) is 5.92 Å². The van der Waals surface area contributed by atoms with Crippen molar-refractivity contribution in [3.05, 3.63) is 72.1 Å². The van der Waals surface area contributed by atoms with E-state index in [0.717, 1.165) is 54.5 Å². The molecule has 1 saturated heterocycles. The van der Waals surface area contributed by atoms with E-state index in [1.165, 1.54) is 4.90 Å². The first-order valence-corrected chi connectivity index (χ1v) is 14.5. The third-order valence-electron chi connectivity index (χ3n) is 8.68. The molecule has 10 heteroatoms. The van der Waals surface area contributed by atoms with Crippen LogP contribution >= 0.6 is 0 Å². The molecule has 1 aromatic heterocycles. The highest BCUT2D eigenvalue weighted by Gasteiger charge is 2.45. The molecule has 0 spiro atoms. The fourth-order valence-corrected chi connectivity index (χ4v) is 5.94. The molecule has 2 heterocycles. The molecule has 4 atom stereocenters. The van der Waals surface area contributed by atoms with Crippen LogP contribution in [-0.4, -0.2) is 67.5 Å². The Balaban J connectivity index is 1.16. The van der Waals surface area contributed by atoms with E-state index >= 15 is 0 Å². The zero-order chi connectivity index (χ0) is 28.5. The molecule has 0 bridgehead atoms. The number of aliphatic hydroxyl groups is 1. The average molecular weight is 557 g/mol. The van der Waals surface area contributed by atoms with E-state index in [0.29, 0.717) is 5.92 Å². The predicted octanol–water partition coefficient (Wildman–Crippen LogP) is 2.34. The van der Waals surface area contributed by atoms with Gasteiger partial charge in [-0.1, -0.05) is 66.2 Å². The highest BCUT2D eigenvalue weighted by Crippen LogP contribution is 2.41. The standard InChI is InChI=1S/C31H36N6O4/c32-29(39)25(15-19-9-11-21(12-10-19)20-5-2-1-3-6-20)33-30(40)27-16-24(38)17-36(27)31(41)28(23-7-4-8-23)37-18-26(34-35-37)22-13-14-22/h1-3,5-6,9-12,18,22-25,27-28,38H,4,7-8,13-17H2,(H2,32,39)(H,33,40)/t24-,25?,27+,28?/m1/s1. The second-order valence-electron chi connectivity index (χ2n) is 11.7. The first-order chi connectivity index (χ1) is 19.9. The number of carbonyl (C=O) groups is 3. The van der Waals surface area contributed by atoms with Gasteiger partial charge in [-0.2, -0.15) is 0 Å². The molecule has 3 aromatic rings. The van der Waals surface area contributed by atoms with E-state index < -0.39 is 36.0 Å². The molecule has 10 nitrogen and oxygen atoms in total. The Kier molecular flexibility index (Phi) is 7.57. The van der Waals surface area contributed by atoms with Gasteiger partial charge in [0.1, 0.15) is 18.1 Å². The number of aromatic nitrogens is 3. The molecule has 3 aliphatic rings. The molecule has 2 unspecified atom stereocenters. The molecule has 3 fully saturated rings. The second-order valence-corrected chi connectivity index (χ2v) is 11.7. The summed E-state index contributed by atoms with van der Waals surface area (Å²) in [4.78, 5) is 41.3. The van der Waals surface area contributed by atoms with Gasteiger partial charge in [-0.15, -0.1) is 5.10 Å². The average Bonchev–Trinajstić information content (AvgIpc) is 3.55. The lowest BCUT2D eigenvalue weighted by molar-refractivity contribution is -0.144. The predicted molar refractivity (Wildman–Crippen MR) is 151 cm³/mol. The molecule has 214 valence electrons. The summed E-state index contributed by atoms with van der Waals surface area (Å²) in [7, 11) is 0. The lowest BCUT2D eigenvalue weighted by Gasteiger charge is -2.36. The van der Waals surface area contributed by atoms with Crippen molar-refractivity contribution in [2.24, 2.45) is 11.7 Å². The Labute approximate surface area is 238 Å². The molecular formula is C31H36N6O4. The normalized spacial score (nSPS) is 22.1. The number of amides is 3. The van der Waals surface area contributed by atoms with Crippen molar-refractivity contribution < 1.29 is 19.5 Å². The number of likely N-dealkylation sites (tertiary alicyclic amines) is 1. The van der Waals surface area contributed by atoms with Crippen molar-refractivity contribution in [1.29, 1.82) is 0 Å². The van der Waals surface area contributed by atoms with Crippen LogP contribution in [0.15, 0.2) is 60.8 Å². The molecule has 6 rings (SSSR count). The van der Waals surface area contributed by atoms with Crippen LogP contribution in [0.25, 0.3) is 11.1 Å². The fraction of sp³-hybridized carbons (Fsp3) is 0.452. The maximum absolute atomic E-state index is 13.9. The van der Waals surface area contributed by atoms with Crippen LogP contribution in [0.3, 0.4) is 0 Å². The van der Waals surface area contributed by atoms with Crippen molar-refractivity contribution in [2.75, 3.05) is 6.54 Å². The van der Waals surface area contributed by atoms with Crippen LogP contribution in [-0.2, 0) is 20.8 Å². The van der Waals surface area contributed by atoms with E-state index in [9.17, 15) is 19.5 Å². The topological polar surface area (TPSA) is 143 Å². The molecule has 1 aliphatic heterocycles. The minimum Gasteiger partial charge on any atom is -0.391 e. The van der Waals surface area contributed by atoms with Gasteiger partial charge in [0.2, 0.25) is 17.7 Å². The number of β-amino-alcohol motifs (C(OH)–C–C–N with tert-alkyl or cyclic N) is 1. The van der Waals surface area contributed by atoms with Crippen LogP contribution in [0.1, 0.15) is 61.7 Å². The van der Waals surface area contributed by atoms with Gasteiger partial charge in [-0.05, 0) is 48.3 Å². The quantitative estimate of drug-likeness (QED) is 0.350. The molecule has 2 saturated carbocycles. The minimum absolute atomic E-state index is 0.0481. The summed E-state index contributed by atoms with van der Waals surface area (Å²) in [5.74, 6) is -0.886. The smallest absolute Gasteiger partial charge is 0.248 e. The summed E-state index contributed by atoms with van der Waals surface area (Å²) in [6.07, 6.45) is 6.34. The van der Waals surface area contributed by atoms with Crippen molar-refractivity contribution >= 4 is 17.7 Å². The molecule has 2 aromatic carbocycles. The summed E-state index contributed by atoms with van der Waals surface area (Å²) in [5, 5.41) is 21.9. The van der Waals surface area contributed by atoms with E-state index in [1.807, 2.05) is 60.8 Å². The number of benzene rings is 2. The summed E-state index contributed by atoms with van der Waals surface area (Å²) in [6, 6.07) is 15.3. The number of aliphatic hydroxyl groups excluding tert-OH is 1. The number of hydrogen-bond acceptors (Lipinski definition) is 6. The Bertz CT molecular complexity index is 1400. The van der Waals surface area contributed by atoms with Crippen LogP contribution in [0.5, 0.6) is 0 Å². The summed E-state index contributed by atoms with van der Waals surface area (Å²) in [5.41, 5.74) is 9.56. The van der Waals surface area contributed by atoms with Gasteiger partial charge >= 0.3 is 0 Å². The van der Waals surface area contributed by atoms with Gasteiger partial charge in [0.25, 0.3) is 0 Å². The monoisotopic (exact) mass is 556 g/mol. The number of primary amides is 1. The largest absolute Gasteiger partial charge is 0.391 e. The molecule has 41 heavy (non-hydrogen) atoms. The van der Waals surface area contributed by atoms with Crippen molar-refractivity contribution in [3.8, 4) is 11.1 Å². The fourth-order valence-electron chi connectivity index (χ4n) is 5.94. The second kappa shape index (κ2) is 11.4. The van der Waals surface area contributed by atoms with Crippen molar-refractivity contribution in [1.82, 2.24) is 25.2 Å². The highest BCUT2D eigenvalue weighted by molar-refractivity contribution is 5.93. The summed E-state index contributed by atoms with van der Waals surface area (Å²) >= 11 is 0. The summed E-state index contributed by atoms with van der Waals surface area (Å²) in [6.45, 7) is 0.0481. The minimum atomic E-state index is -0.960. The van der Waals surface area contributed by atoms with Crippen LogP contribution in [0.4, 0.5) is 0 Å². The van der Waals surface area contributed by atoms with Crippen LogP contribution < -0.4 is 11.1 Å². The van der Waals surface area contributed by atoms with Gasteiger partial charge in [0.05, 0.1) is 11.8 Å². The Morgan fingerprint density at radius 3 is 2.34 bits per heavy atom. The Hall–Kier alpha value is -4.05.